The van der Waals surface area contributed by atoms with Crippen LogP contribution in [0, 0.1) is 5.82 Å². The van der Waals surface area contributed by atoms with Gasteiger partial charge in [-0.2, -0.15) is 0 Å². The summed E-state index contributed by atoms with van der Waals surface area (Å²) in [6.45, 7) is 2.72. The highest BCUT2D eigenvalue weighted by Gasteiger charge is 2.06. The van der Waals surface area contributed by atoms with E-state index in [2.05, 4.69) is 15.4 Å². The van der Waals surface area contributed by atoms with Crippen LogP contribution in [0.15, 0.2) is 24.3 Å². The average molecular weight is 326 g/mol. The smallest absolute Gasteiger partial charge is 0.305 e. The Balaban J connectivity index is 2.15. The average Bonchev–Trinajstić information content (AvgIpc) is 2.50. The Hall–Kier alpha value is -1.69. The van der Waals surface area contributed by atoms with Crippen molar-refractivity contribution in [2.75, 3.05) is 13.7 Å². The van der Waals surface area contributed by atoms with E-state index in [9.17, 15) is 9.18 Å². The molecule has 1 aromatic carbocycles. The summed E-state index contributed by atoms with van der Waals surface area (Å²) in [6, 6.07) is 6.36. The van der Waals surface area contributed by atoms with E-state index in [1.807, 2.05) is 6.92 Å². The van der Waals surface area contributed by atoms with Gasteiger partial charge in [0.15, 0.2) is 5.11 Å². The summed E-state index contributed by atoms with van der Waals surface area (Å²) in [6.07, 6.45) is 3.16. The van der Waals surface area contributed by atoms with Crippen LogP contribution in [0.5, 0.6) is 0 Å². The van der Waals surface area contributed by atoms with Crippen molar-refractivity contribution < 1.29 is 13.9 Å². The Morgan fingerprint density at radius 3 is 2.59 bits per heavy atom. The largest absolute Gasteiger partial charge is 0.469 e. The number of carbonyl (C=O) groups excluding carboxylic acids is 1. The fourth-order valence-corrected chi connectivity index (χ4v) is 2.24. The number of benzene rings is 1. The first-order valence-corrected chi connectivity index (χ1v) is 7.80. The minimum absolute atomic E-state index is 0.0138. The monoisotopic (exact) mass is 326 g/mol. The lowest BCUT2D eigenvalue weighted by atomic mass is 10.1. The fourth-order valence-electron chi connectivity index (χ4n) is 1.96. The number of esters is 1. The number of hydrogen-bond acceptors (Lipinski definition) is 3. The number of thiocarbonyl (C=S) groups is 1. The molecular formula is C16H23FN2O2S. The van der Waals surface area contributed by atoms with Crippen molar-refractivity contribution in [1.29, 1.82) is 0 Å². The van der Waals surface area contributed by atoms with Crippen LogP contribution in [-0.2, 0) is 9.53 Å². The molecule has 0 saturated heterocycles. The molecule has 0 aliphatic heterocycles. The Labute approximate surface area is 136 Å². The van der Waals surface area contributed by atoms with Crippen LogP contribution in [0.4, 0.5) is 4.39 Å². The van der Waals surface area contributed by atoms with Crippen LogP contribution < -0.4 is 10.6 Å². The summed E-state index contributed by atoms with van der Waals surface area (Å²) >= 11 is 5.22. The van der Waals surface area contributed by atoms with Gasteiger partial charge in [0.05, 0.1) is 13.2 Å². The van der Waals surface area contributed by atoms with Gasteiger partial charge in [-0.3, -0.25) is 4.79 Å². The van der Waals surface area contributed by atoms with E-state index < -0.39 is 0 Å². The standard InChI is InChI=1S/C16H23FN2O2S/c1-12(13-7-9-14(17)10-8-13)19-16(22)18-11-5-3-4-6-15(20)21-2/h7-10,12H,3-6,11H2,1-2H3,(H2,18,19,22)/t12-/m0/s1. The van der Waals surface area contributed by atoms with Gasteiger partial charge in [0, 0.05) is 13.0 Å². The van der Waals surface area contributed by atoms with Crippen molar-refractivity contribution in [2.45, 2.75) is 38.6 Å². The first-order valence-electron chi connectivity index (χ1n) is 7.39. The van der Waals surface area contributed by atoms with Crippen LogP contribution in [0.3, 0.4) is 0 Å². The van der Waals surface area contributed by atoms with E-state index in [0.29, 0.717) is 11.5 Å². The van der Waals surface area contributed by atoms with Gasteiger partial charge in [-0.15, -0.1) is 0 Å². The van der Waals surface area contributed by atoms with Gasteiger partial charge in [0.2, 0.25) is 0 Å². The number of ether oxygens (including phenoxy) is 1. The van der Waals surface area contributed by atoms with Gasteiger partial charge in [-0.25, -0.2) is 4.39 Å². The highest BCUT2D eigenvalue weighted by molar-refractivity contribution is 7.80. The molecule has 1 rings (SSSR count). The molecule has 0 bridgehead atoms. The first kappa shape index (κ1) is 18.4. The van der Waals surface area contributed by atoms with Crippen molar-refractivity contribution >= 4 is 23.3 Å². The molecule has 0 aromatic heterocycles. The van der Waals surface area contributed by atoms with Crippen molar-refractivity contribution in [2.24, 2.45) is 0 Å². The van der Waals surface area contributed by atoms with E-state index in [-0.39, 0.29) is 17.8 Å². The second-order valence-corrected chi connectivity index (χ2v) is 5.47. The normalized spacial score (nSPS) is 11.6. The Morgan fingerprint density at radius 1 is 1.27 bits per heavy atom. The van der Waals surface area contributed by atoms with Gasteiger partial charge in [0.1, 0.15) is 5.82 Å². The maximum Gasteiger partial charge on any atom is 0.305 e. The number of halogens is 1. The zero-order valence-electron chi connectivity index (χ0n) is 13.0. The molecule has 0 spiro atoms. The van der Waals surface area contributed by atoms with Crippen LogP contribution in [0.1, 0.15) is 44.2 Å². The lowest BCUT2D eigenvalue weighted by Crippen LogP contribution is -2.37. The molecule has 4 nitrogen and oxygen atoms in total. The summed E-state index contributed by atoms with van der Waals surface area (Å²) < 4.78 is 17.4. The number of carbonyl (C=O) groups is 1. The van der Waals surface area contributed by atoms with Gasteiger partial charge < -0.3 is 15.4 Å². The summed E-state index contributed by atoms with van der Waals surface area (Å²) in [5.41, 5.74) is 0.976. The molecule has 0 heterocycles. The maximum atomic E-state index is 12.9. The van der Waals surface area contributed by atoms with Gasteiger partial charge in [-0.1, -0.05) is 18.6 Å². The second kappa shape index (κ2) is 10.1. The summed E-state index contributed by atoms with van der Waals surface area (Å²) in [7, 11) is 1.40. The maximum absolute atomic E-state index is 12.9. The van der Waals surface area contributed by atoms with Crippen molar-refractivity contribution in [3.8, 4) is 0 Å². The van der Waals surface area contributed by atoms with Crippen LogP contribution >= 0.6 is 12.2 Å². The Bertz CT molecular complexity index is 480. The molecule has 6 heteroatoms. The minimum Gasteiger partial charge on any atom is -0.469 e. The molecule has 0 fully saturated rings. The SMILES string of the molecule is COC(=O)CCCCCNC(=S)N[C@@H](C)c1ccc(F)cc1. The topological polar surface area (TPSA) is 50.4 Å². The number of unbranched alkanes of at least 4 members (excludes halogenated alkanes) is 2. The number of rotatable bonds is 8. The molecule has 0 saturated carbocycles. The molecule has 0 amide bonds. The van der Waals surface area contributed by atoms with E-state index in [0.717, 1.165) is 31.4 Å². The number of methoxy groups -OCH3 is 1. The van der Waals surface area contributed by atoms with Crippen LogP contribution in [0.25, 0.3) is 0 Å². The molecule has 1 atom stereocenters. The van der Waals surface area contributed by atoms with Gasteiger partial charge in [-0.05, 0) is 49.7 Å². The summed E-state index contributed by atoms with van der Waals surface area (Å²) in [5.74, 6) is -0.415. The molecule has 2 N–H and O–H groups in total. The van der Waals surface area contributed by atoms with E-state index in [4.69, 9.17) is 12.2 Å². The third kappa shape index (κ3) is 7.36. The minimum atomic E-state index is -0.247. The second-order valence-electron chi connectivity index (χ2n) is 5.06. The van der Waals surface area contributed by atoms with Gasteiger partial charge in [0.25, 0.3) is 0 Å². The molecule has 0 unspecified atom stereocenters. The zero-order chi connectivity index (χ0) is 16.4. The van der Waals surface area contributed by atoms with Gasteiger partial charge >= 0.3 is 5.97 Å². The predicted octanol–water partition coefficient (Wildman–Crippen LogP) is 3.08. The van der Waals surface area contributed by atoms with E-state index >= 15 is 0 Å². The van der Waals surface area contributed by atoms with Crippen LogP contribution in [-0.4, -0.2) is 24.7 Å². The molecular weight excluding hydrogens is 303 g/mol. The van der Waals surface area contributed by atoms with E-state index in [1.54, 1.807) is 12.1 Å². The van der Waals surface area contributed by atoms with Crippen molar-refractivity contribution in [3.05, 3.63) is 35.6 Å². The molecule has 0 aliphatic carbocycles. The lowest BCUT2D eigenvalue weighted by Gasteiger charge is -2.17. The molecule has 1 aromatic rings. The molecule has 0 aliphatic rings. The first-order chi connectivity index (χ1) is 10.5. The number of nitrogens with one attached hydrogen (secondary N) is 2. The third-order valence-electron chi connectivity index (χ3n) is 3.29. The van der Waals surface area contributed by atoms with E-state index in [1.165, 1.54) is 19.2 Å². The van der Waals surface area contributed by atoms with Crippen LogP contribution in [0.2, 0.25) is 0 Å². The predicted molar refractivity (Wildman–Crippen MR) is 89.0 cm³/mol. The Kier molecular flexibility index (Phi) is 8.43. The summed E-state index contributed by atoms with van der Waals surface area (Å²) in [4.78, 5) is 10.9. The van der Waals surface area contributed by atoms with Crippen molar-refractivity contribution in [1.82, 2.24) is 10.6 Å². The quantitative estimate of drug-likeness (QED) is 0.437. The third-order valence-corrected chi connectivity index (χ3v) is 3.55. The highest BCUT2D eigenvalue weighted by atomic mass is 32.1. The Morgan fingerprint density at radius 2 is 1.95 bits per heavy atom. The lowest BCUT2D eigenvalue weighted by molar-refractivity contribution is -0.140. The highest BCUT2D eigenvalue weighted by Crippen LogP contribution is 2.12. The fraction of sp³-hybridized carbons (Fsp3) is 0.500. The number of hydrogen-bond donors (Lipinski definition) is 2. The summed E-state index contributed by atoms with van der Waals surface area (Å²) in [5, 5.41) is 6.86. The zero-order valence-corrected chi connectivity index (χ0v) is 13.8. The molecule has 22 heavy (non-hydrogen) atoms. The molecule has 0 radical (unpaired) electrons. The van der Waals surface area contributed by atoms with Crippen molar-refractivity contribution in [3.63, 3.8) is 0 Å². The molecule has 122 valence electrons.